The Kier molecular flexibility index (Phi) is 4.00. The number of rotatable bonds is 4. The molecular weight excluding hydrogens is 232 g/mol. The highest BCUT2D eigenvalue weighted by molar-refractivity contribution is 5.50. The number of hydrogen-bond donors (Lipinski definition) is 0. The van der Waals surface area contributed by atoms with E-state index >= 15 is 0 Å². The highest BCUT2D eigenvalue weighted by Gasteiger charge is 2.02. The van der Waals surface area contributed by atoms with Gasteiger partial charge < -0.3 is 4.90 Å². The fraction of sp³-hybridized carbons (Fsp3) is 0.118. The first-order chi connectivity index (χ1) is 9.22. The quantitative estimate of drug-likeness (QED) is 0.822. The van der Waals surface area contributed by atoms with Crippen LogP contribution in [-0.2, 0) is 6.54 Å². The van der Waals surface area contributed by atoms with Crippen LogP contribution in [0.25, 0.3) is 6.08 Å². The molecule has 0 radical (unpaired) electrons. The summed E-state index contributed by atoms with van der Waals surface area (Å²) in [5, 5.41) is 8.78. The van der Waals surface area contributed by atoms with Gasteiger partial charge in [-0.05, 0) is 35.4 Å². The normalized spacial score (nSPS) is 9.68. The lowest BCUT2D eigenvalue weighted by Crippen LogP contribution is -2.16. The minimum Gasteiger partial charge on any atom is -0.370 e. The van der Waals surface area contributed by atoms with Crippen molar-refractivity contribution >= 4 is 11.8 Å². The molecule has 2 aromatic carbocycles. The zero-order valence-corrected chi connectivity index (χ0v) is 11.0. The molecule has 0 aromatic heterocycles. The van der Waals surface area contributed by atoms with Crippen LogP contribution in [0.5, 0.6) is 0 Å². The van der Waals surface area contributed by atoms with Crippen molar-refractivity contribution in [3.05, 3.63) is 71.8 Å². The molecule has 2 nitrogen and oxygen atoms in total. The Morgan fingerprint density at radius 1 is 1.11 bits per heavy atom. The molecule has 94 valence electrons. The smallest absolute Gasteiger partial charge is 0.0991 e. The first-order valence-corrected chi connectivity index (χ1v) is 6.15. The summed E-state index contributed by atoms with van der Waals surface area (Å²) in [4.78, 5) is 2.16. The van der Waals surface area contributed by atoms with Crippen LogP contribution in [0.4, 0.5) is 5.69 Å². The Balaban J connectivity index is 2.08. The molecule has 0 fully saturated rings. The SMILES string of the molecule is C=Cc1ccc(CN(C)c2ccc(C#N)cc2)cc1. The zero-order valence-electron chi connectivity index (χ0n) is 11.0. The predicted octanol–water partition coefficient (Wildman–Crippen LogP) is 3.84. The summed E-state index contributed by atoms with van der Waals surface area (Å²) in [5.74, 6) is 0. The molecule has 0 unspecified atom stereocenters. The van der Waals surface area contributed by atoms with E-state index in [1.165, 1.54) is 5.56 Å². The number of nitriles is 1. The van der Waals surface area contributed by atoms with Gasteiger partial charge in [0.05, 0.1) is 11.6 Å². The van der Waals surface area contributed by atoms with Crippen molar-refractivity contribution in [3.63, 3.8) is 0 Å². The Morgan fingerprint density at radius 3 is 2.26 bits per heavy atom. The van der Waals surface area contributed by atoms with Crippen LogP contribution in [0.15, 0.2) is 55.1 Å². The Labute approximate surface area is 114 Å². The minimum absolute atomic E-state index is 0.687. The van der Waals surface area contributed by atoms with Gasteiger partial charge in [-0.3, -0.25) is 0 Å². The summed E-state index contributed by atoms with van der Waals surface area (Å²) in [5.41, 5.74) is 4.17. The maximum atomic E-state index is 8.78. The van der Waals surface area contributed by atoms with Gasteiger partial charge in [-0.2, -0.15) is 5.26 Å². The van der Waals surface area contributed by atoms with Crippen LogP contribution < -0.4 is 4.90 Å². The number of benzene rings is 2. The number of nitrogens with zero attached hydrogens (tertiary/aromatic N) is 2. The van der Waals surface area contributed by atoms with Crippen molar-refractivity contribution < 1.29 is 0 Å². The van der Waals surface area contributed by atoms with E-state index in [0.717, 1.165) is 17.8 Å². The van der Waals surface area contributed by atoms with Gasteiger partial charge in [0.25, 0.3) is 0 Å². The van der Waals surface area contributed by atoms with Gasteiger partial charge in [0.1, 0.15) is 0 Å². The van der Waals surface area contributed by atoms with Crippen LogP contribution in [0.2, 0.25) is 0 Å². The van der Waals surface area contributed by atoms with E-state index < -0.39 is 0 Å². The molecule has 0 aliphatic carbocycles. The van der Waals surface area contributed by atoms with Crippen molar-refractivity contribution in [1.29, 1.82) is 5.26 Å². The van der Waals surface area contributed by atoms with E-state index in [2.05, 4.69) is 41.8 Å². The molecule has 0 N–H and O–H groups in total. The minimum atomic E-state index is 0.687. The first kappa shape index (κ1) is 12.9. The molecule has 0 amide bonds. The van der Waals surface area contributed by atoms with Crippen LogP contribution in [0.1, 0.15) is 16.7 Å². The number of anilines is 1. The largest absolute Gasteiger partial charge is 0.370 e. The van der Waals surface area contributed by atoms with Crippen LogP contribution in [0.3, 0.4) is 0 Å². The summed E-state index contributed by atoms with van der Waals surface area (Å²) >= 11 is 0. The van der Waals surface area contributed by atoms with Crippen molar-refractivity contribution in [2.75, 3.05) is 11.9 Å². The molecule has 0 spiro atoms. The molecule has 2 aromatic rings. The standard InChI is InChI=1S/C17H16N2/c1-3-14-4-6-16(7-5-14)13-19(2)17-10-8-15(12-18)9-11-17/h3-11H,1,13H2,2H3. The molecule has 0 saturated heterocycles. The molecule has 0 aliphatic rings. The Morgan fingerprint density at radius 2 is 1.74 bits per heavy atom. The van der Waals surface area contributed by atoms with Crippen LogP contribution in [0, 0.1) is 11.3 Å². The topological polar surface area (TPSA) is 27.0 Å². The molecular formula is C17H16N2. The molecule has 0 bridgehead atoms. The maximum Gasteiger partial charge on any atom is 0.0991 e. The summed E-state index contributed by atoms with van der Waals surface area (Å²) in [6.07, 6.45) is 1.84. The molecule has 19 heavy (non-hydrogen) atoms. The fourth-order valence-corrected chi connectivity index (χ4v) is 1.91. The molecule has 0 atom stereocenters. The average Bonchev–Trinajstić information content (AvgIpc) is 2.48. The van der Waals surface area contributed by atoms with Crippen molar-refractivity contribution in [3.8, 4) is 6.07 Å². The third-order valence-corrected chi connectivity index (χ3v) is 3.07. The summed E-state index contributed by atoms with van der Waals surface area (Å²) in [6.45, 7) is 4.59. The highest BCUT2D eigenvalue weighted by Crippen LogP contribution is 2.16. The maximum absolute atomic E-state index is 8.78. The van der Waals surface area contributed by atoms with Gasteiger partial charge in [0, 0.05) is 19.3 Å². The van der Waals surface area contributed by atoms with Gasteiger partial charge in [-0.15, -0.1) is 0 Å². The average molecular weight is 248 g/mol. The summed E-state index contributed by atoms with van der Waals surface area (Å²) < 4.78 is 0. The lowest BCUT2D eigenvalue weighted by molar-refractivity contribution is 0.923. The van der Waals surface area contributed by atoms with Gasteiger partial charge >= 0.3 is 0 Å². The van der Waals surface area contributed by atoms with Crippen LogP contribution >= 0.6 is 0 Å². The molecule has 2 rings (SSSR count). The van der Waals surface area contributed by atoms with E-state index in [1.807, 2.05) is 37.4 Å². The third kappa shape index (κ3) is 3.23. The van der Waals surface area contributed by atoms with Gasteiger partial charge in [0.15, 0.2) is 0 Å². The lowest BCUT2D eigenvalue weighted by atomic mass is 10.1. The Hall–Kier alpha value is -2.53. The van der Waals surface area contributed by atoms with Gasteiger partial charge in [0.2, 0.25) is 0 Å². The second kappa shape index (κ2) is 5.88. The van der Waals surface area contributed by atoms with Gasteiger partial charge in [-0.1, -0.05) is 36.9 Å². The van der Waals surface area contributed by atoms with Crippen molar-refractivity contribution in [1.82, 2.24) is 0 Å². The van der Waals surface area contributed by atoms with Crippen molar-refractivity contribution in [2.45, 2.75) is 6.54 Å². The van der Waals surface area contributed by atoms with Crippen molar-refractivity contribution in [2.24, 2.45) is 0 Å². The van der Waals surface area contributed by atoms with Gasteiger partial charge in [-0.25, -0.2) is 0 Å². The van der Waals surface area contributed by atoms with E-state index in [1.54, 1.807) is 0 Å². The second-order valence-electron chi connectivity index (χ2n) is 4.46. The first-order valence-electron chi connectivity index (χ1n) is 6.15. The van der Waals surface area contributed by atoms with E-state index in [-0.39, 0.29) is 0 Å². The lowest BCUT2D eigenvalue weighted by Gasteiger charge is -2.19. The highest BCUT2D eigenvalue weighted by atomic mass is 15.1. The second-order valence-corrected chi connectivity index (χ2v) is 4.46. The molecule has 0 heterocycles. The molecule has 0 saturated carbocycles. The fourth-order valence-electron chi connectivity index (χ4n) is 1.91. The third-order valence-electron chi connectivity index (χ3n) is 3.07. The molecule has 0 aliphatic heterocycles. The Bertz CT molecular complexity index is 589. The van der Waals surface area contributed by atoms with Crippen LogP contribution in [-0.4, -0.2) is 7.05 Å². The predicted molar refractivity (Wildman–Crippen MR) is 79.8 cm³/mol. The molecule has 2 heteroatoms. The monoisotopic (exact) mass is 248 g/mol. The summed E-state index contributed by atoms with van der Waals surface area (Å²) in [7, 11) is 2.04. The van der Waals surface area contributed by atoms with E-state index in [9.17, 15) is 0 Å². The summed E-state index contributed by atoms with van der Waals surface area (Å²) in [6, 6.07) is 18.1. The van der Waals surface area contributed by atoms with E-state index in [0.29, 0.717) is 5.56 Å². The zero-order chi connectivity index (χ0) is 13.7. The van der Waals surface area contributed by atoms with E-state index in [4.69, 9.17) is 5.26 Å². The number of hydrogen-bond acceptors (Lipinski definition) is 2.